The Morgan fingerprint density at radius 2 is 2.03 bits per heavy atom. The van der Waals surface area contributed by atoms with Gasteiger partial charge in [-0.2, -0.15) is 0 Å². The van der Waals surface area contributed by atoms with Gasteiger partial charge in [0.05, 0.1) is 30.1 Å². The Morgan fingerprint density at radius 1 is 1.32 bits per heavy atom. The zero-order valence-electron chi connectivity index (χ0n) is 19.0. The van der Waals surface area contributed by atoms with Crippen molar-refractivity contribution in [3.8, 4) is 0 Å². The second kappa shape index (κ2) is 10.4. The molecule has 0 aliphatic carbocycles. The van der Waals surface area contributed by atoms with Gasteiger partial charge in [0.1, 0.15) is 5.70 Å². The standard InChI is InChI=1S/C22H25N3O7S.Na/c1-9-16-15(10(2)26)20(28)25(16)17(22(31)32)18(9)33-13-7-14(23-8-13)19(27)24-12-5-3-4-11(6-12)21(29)30;/h3-6,9-10,13-16,23,26H,7-8H2,1-2H3,(H,24,27)(H,29,30)(H,31,32);/q;+1/p-1/t9-,10?,13+,14+,15-,16+;/m1./s1. The topological polar surface area (TPSA) is 159 Å². The smallest absolute Gasteiger partial charge is 0.545 e. The van der Waals surface area contributed by atoms with Crippen molar-refractivity contribution in [2.24, 2.45) is 11.8 Å². The maximum absolute atomic E-state index is 12.7. The molecule has 3 heterocycles. The summed E-state index contributed by atoms with van der Waals surface area (Å²) in [6, 6.07) is 4.86. The molecule has 10 nitrogen and oxygen atoms in total. The molecule has 1 aromatic carbocycles. The molecular formula is C22H24N3NaO7S. The molecule has 0 aromatic heterocycles. The van der Waals surface area contributed by atoms with Gasteiger partial charge in [-0.3, -0.25) is 9.59 Å². The number of carbonyl (C=O) groups excluding carboxylic acids is 3. The number of amides is 2. The predicted octanol–water partition coefficient (Wildman–Crippen LogP) is -3.39. The van der Waals surface area contributed by atoms with Crippen molar-refractivity contribution < 1.29 is 64.1 Å². The third-order valence-corrected chi connectivity index (χ3v) is 7.89. The molecule has 0 spiro atoms. The molecule has 0 bridgehead atoms. The fourth-order valence-corrected chi connectivity index (χ4v) is 6.28. The van der Waals surface area contributed by atoms with Crippen molar-refractivity contribution in [3.63, 3.8) is 0 Å². The van der Waals surface area contributed by atoms with E-state index < -0.39 is 30.0 Å². The fourth-order valence-electron chi connectivity index (χ4n) is 4.80. The van der Waals surface area contributed by atoms with Crippen LogP contribution in [0.4, 0.5) is 5.69 Å². The Hall–Kier alpha value is -1.89. The van der Waals surface area contributed by atoms with Crippen LogP contribution in [0.2, 0.25) is 0 Å². The maximum Gasteiger partial charge on any atom is 1.00 e. The van der Waals surface area contributed by atoms with Gasteiger partial charge in [-0.25, -0.2) is 4.79 Å². The number of aliphatic hydroxyl groups excluding tert-OH is 1. The number of thioether (sulfide) groups is 1. The summed E-state index contributed by atoms with van der Waals surface area (Å²) in [5, 5.41) is 36.4. The van der Waals surface area contributed by atoms with Gasteiger partial charge in [0.15, 0.2) is 0 Å². The van der Waals surface area contributed by atoms with Gasteiger partial charge in [0.25, 0.3) is 0 Å². The molecule has 3 aliphatic heterocycles. The molecule has 2 amide bonds. The third-order valence-electron chi connectivity index (χ3n) is 6.38. The minimum absolute atomic E-state index is 0. The van der Waals surface area contributed by atoms with Crippen molar-refractivity contribution in [1.29, 1.82) is 0 Å². The molecule has 1 unspecified atom stereocenters. The van der Waals surface area contributed by atoms with Crippen LogP contribution in [0.15, 0.2) is 34.9 Å². The van der Waals surface area contributed by atoms with Crippen LogP contribution >= 0.6 is 11.8 Å². The van der Waals surface area contributed by atoms with Crippen molar-refractivity contribution in [2.75, 3.05) is 11.9 Å². The van der Waals surface area contributed by atoms with Gasteiger partial charge in [-0.1, -0.05) is 19.1 Å². The van der Waals surface area contributed by atoms with Crippen molar-refractivity contribution in [3.05, 3.63) is 40.4 Å². The molecule has 3 aliphatic rings. The van der Waals surface area contributed by atoms with E-state index in [1.54, 1.807) is 6.07 Å². The number of aliphatic carboxylic acids is 1. The van der Waals surface area contributed by atoms with E-state index in [-0.39, 0.29) is 69.8 Å². The summed E-state index contributed by atoms with van der Waals surface area (Å²) in [6.07, 6.45) is -0.435. The van der Waals surface area contributed by atoms with Crippen LogP contribution in [0.5, 0.6) is 0 Å². The number of aromatic carboxylic acids is 1. The summed E-state index contributed by atoms with van der Waals surface area (Å²) in [4.78, 5) is 49.9. The van der Waals surface area contributed by atoms with E-state index in [0.29, 0.717) is 23.6 Å². The van der Waals surface area contributed by atoms with E-state index in [2.05, 4.69) is 10.6 Å². The Morgan fingerprint density at radius 3 is 2.65 bits per heavy atom. The number of carboxylic acid groups (broad SMARTS) is 2. The quantitative estimate of drug-likeness (QED) is 0.223. The number of nitrogens with zero attached hydrogens (tertiary/aromatic N) is 1. The van der Waals surface area contributed by atoms with E-state index in [1.807, 2.05) is 6.92 Å². The number of hydrogen-bond donors (Lipinski definition) is 4. The summed E-state index contributed by atoms with van der Waals surface area (Å²) < 4.78 is 0. The van der Waals surface area contributed by atoms with Gasteiger partial charge in [-0.15, -0.1) is 11.8 Å². The first-order chi connectivity index (χ1) is 15.6. The van der Waals surface area contributed by atoms with Crippen molar-refractivity contribution in [1.82, 2.24) is 10.2 Å². The first kappa shape index (κ1) is 26.7. The summed E-state index contributed by atoms with van der Waals surface area (Å²) in [5.41, 5.74) is 0.261. The summed E-state index contributed by atoms with van der Waals surface area (Å²) >= 11 is 1.35. The molecule has 0 saturated carbocycles. The zero-order chi connectivity index (χ0) is 24.0. The number of β-lactam (4-membered cyclic amide) rings is 1. The van der Waals surface area contributed by atoms with E-state index in [1.165, 1.54) is 41.8 Å². The van der Waals surface area contributed by atoms with Crippen LogP contribution in [-0.4, -0.2) is 68.8 Å². The minimum Gasteiger partial charge on any atom is -0.545 e. The summed E-state index contributed by atoms with van der Waals surface area (Å²) in [7, 11) is 0. The SMILES string of the molecule is CC(O)[C@H]1C(=O)N2C(C(=O)O)=C(S[C@@H]3CN[C@H](C(=O)Nc4cccc(C(=O)[O-])c4)C3)[C@H](C)[C@@H]12.[Na+]. The largest absolute Gasteiger partial charge is 1.00 e. The van der Waals surface area contributed by atoms with Gasteiger partial charge >= 0.3 is 35.5 Å². The average molecular weight is 498 g/mol. The Kier molecular flexibility index (Phi) is 8.16. The molecule has 2 saturated heterocycles. The van der Waals surface area contributed by atoms with Crippen molar-refractivity contribution >= 4 is 41.2 Å². The van der Waals surface area contributed by atoms with Gasteiger partial charge in [-0.05, 0) is 31.0 Å². The Bertz CT molecular complexity index is 1060. The first-order valence-corrected chi connectivity index (χ1v) is 11.5. The number of carbonyl (C=O) groups is 4. The molecule has 4 rings (SSSR count). The number of aliphatic hydroxyl groups is 1. The predicted molar refractivity (Wildman–Crippen MR) is 117 cm³/mol. The first-order valence-electron chi connectivity index (χ1n) is 10.6. The third kappa shape index (κ3) is 4.77. The van der Waals surface area contributed by atoms with Crippen LogP contribution in [0, 0.1) is 11.8 Å². The van der Waals surface area contributed by atoms with Gasteiger partial charge in [0, 0.05) is 28.3 Å². The molecule has 176 valence electrons. The van der Waals surface area contributed by atoms with Crippen LogP contribution in [0.3, 0.4) is 0 Å². The van der Waals surface area contributed by atoms with Gasteiger partial charge in [0.2, 0.25) is 11.8 Å². The monoisotopic (exact) mass is 497 g/mol. The average Bonchev–Trinajstić information content (AvgIpc) is 3.30. The van der Waals surface area contributed by atoms with Crippen LogP contribution in [0.25, 0.3) is 0 Å². The van der Waals surface area contributed by atoms with Crippen molar-refractivity contribution in [2.45, 2.75) is 43.7 Å². The van der Waals surface area contributed by atoms with Crippen LogP contribution < -0.4 is 45.3 Å². The maximum atomic E-state index is 12.7. The molecule has 6 atom stereocenters. The molecule has 34 heavy (non-hydrogen) atoms. The van der Waals surface area contributed by atoms with E-state index >= 15 is 0 Å². The molecule has 12 heteroatoms. The summed E-state index contributed by atoms with van der Waals surface area (Å²) in [5.74, 6) is -4.08. The molecule has 0 radical (unpaired) electrons. The number of fused-ring (bicyclic) bond motifs is 1. The number of rotatable bonds is 7. The van der Waals surface area contributed by atoms with E-state index in [4.69, 9.17) is 0 Å². The number of hydrogen-bond acceptors (Lipinski definition) is 8. The Balaban J connectivity index is 0.00000324. The van der Waals surface area contributed by atoms with E-state index in [9.17, 15) is 34.5 Å². The Labute approximate surface area is 222 Å². The fraction of sp³-hybridized carbons (Fsp3) is 0.455. The van der Waals surface area contributed by atoms with Crippen LogP contribution in [-0.2, 0) is 14.4 Å². The minimum atomic E-state index is -1.34. The van der Waals surface area contributed by atoms with Crippen LogP contribution in [0.1, 0.15) is 30.6 Å². The number of nitrogens with one attached hydrogen (secondary N) is 2. The van der Waals surface area contributed by atoms with E-state index in [0.717, 1.165) is 0 Å². The number of benzene rings is 1. The molecule has 4 N–H and O–H groups in total. The van der Waals surface area contributed by atoms with Gasteiger partial charge < -0.3 is 35.6 Å². The zero-order valence-corrected chi connectivity index (χ0v) is 21.8. The summed E-state index contributed by atoms with van der Waals surface area (Å²) in [6.45, 7) is 3.85. The molecule has 1 aromatic rings. The second-order valence-electron chi connectivity index (χ2n) is 8.57. The second-order valence-corrected chi connectivity index (χ2v) is 9.91. The number of anilines is 1. The molecular weight excluding hydrogens is 473 g/mol. The molecule has 2 fully saturated rings. The normalized spacial score (nSPS) is 28.6. The number of carboxylic acids is 2.